The first kappa shape index (κ1) is 15.8. The number of amides is 1. The number of carbonyl (C=O) groups is 1. The third-order valence-electron chi connectivity index (χ3n) is 2.95. The number of hydrogen-bond acceptors (Lipinski definition) is 4. The Balaban J connectivity index is 1.98. The standard InChI is InChI=1S/C14H15Cl2N3O2/c1-2-11(17)14-19-12(7-21-14)13(20)18-6-8-3-4-9(15)10(16)5-8/h3-5,7,11H,2,6,17H2,1H3,(H,18,20). The van der Waals surface area contributed by atoms with Crippen LogP contribution in [0.2, 0.25) is 10.0 Å². The molecular weight excluding hydrogens is 313 g/mol. The number of rotatable bonds is 5. The Morgan fingerprint density at radius 3 is 2.86 bits per heavy atom. The number of nitrogens with one attached hydrogen (secondary N) is 1. The summed E-state index contributed by atoms with van der Waals surface area (Å²) in [7, 11) is 0. The number of hydrogen-bond donors (Lipinski definition) is 2. The number of nitrogens with zero attached hydrogens (tertiary/aromatic N) is 1. The van der Waals surface area contributed by atoms with Gasteiger partial charge in [-0.25, -0.2) is 4.98 Å². The van der Waals surface area contributed by atoms with E-state index < -0.39 is 0 Å². The molecule has 0 bridgehead atoms. The van der Waals surface area contributed by atoms with Gasteiger partial charge in [-0.2, -0.15) is 0 Å². The Kier molecular flexibility index (Phi) is 5.22. The van der Waals surface area contributed by atoms with E-state index in [0.29, 0.717) is 28.9 Å². The molecule has 0 aliphatic rings. The summed E-state index contributed by atoms with van der Waals surface area (Å²) in [6, 6.07) is 4.86. The molecule has 1 aromatic heterocycles. The van der Waals surface area contributed by atoms with E-state index in [1.807, 2.05) is 6.92 Å². The molecule has 112 valence electrons. The van der Waals surface area contributed by atoms with Crippen molar-refractivity contribution in [2.75, 3.05) is 0 Å². The van der Waals surface area contributed by atoms with Crippen molar-refractivity contribution >= 4 is 29.1 Å². The van der Waals surface area contributed by atoms with E-state index in [4.69, 9.17) is 33.4 Å². The van der Waals surface area contributed by atoms with Crippen molar-refractivity contribution < 1.29 is 9.21 Å². The van der Waals surface area contributed by atoms with Crippen molar-refractivity contribution in [1.29, 1.82) is 0 Å². The molecule has 3 N–H and O–H groups in total. The fraction of sp³-hybridized carbons (Fsp3) is 0.286. The van der Waals surface area contributed by atoms with Gasteiger partial charge in [0.1, 0.15) is 6.26 Å². The highest BCUT2D eigenvalue weighted by Crippen LogP contribution is 2.22. The summed E-state index contributed by atoms with van der Waals surface area (Å²) in [6.07, 6.45) is 1.99. The van der Waals surface area contributed by atoms with E-state index in [-0.39, 0.29) is 17.6 Å². The molecular formula is C14H15Cl2N3O2. The summed E-state index contributed by atoms with van der Waals surface area (Å²) >= 11 is 11.7. The van der Waals surface area contributed by atoms with Crippen molar-refractivity contribution in [3.05, 3.63) is 51.7 Å². The van der Waals surface area contributed by atoms with Gasteiger partial charge >= 0.3 is 0 Å². The van der Waals surface area contributed by atoms with Crippen LogP contribution in [-0.2, 0) is 6.54 Å². The lowest BCUT2D eigenvalue weighted by molar-refractivity contribution is 0.0946. The molecule has 0 saturated heterocycles. The highest BCUT2D eigenvalue weighted by molar-refractivity contribution is 6.42. The zero-order valence-corrected chi connectivity index (χ0v) is 12.9. The van der Waals surface area contributed by atoms with Crippen LogP contribution < -0.4 is 11.1 Å². The van der Waals surface area contributed by atoms with E-state index in [1.165, 1.54) is 6.26 Å². The van der Waals surface area contributed by atoms with Crippen molar-refractivity contribution in [3.63, 3.8) is 0 Å². The maximum atomic E-state index is 12.0. The molecule has 1 atom stereocenters. The minimum Gasteiger partial charge on any atom is -0.446 e. The quantitative estimate of drug-likeness (QED) is 0.882. The fourth-order valence-electron chi connectivity index (χ4n) is 1.66. The predicted molar refractivity (Wildman–Crippen MR) is 81.4 cm³/mol. The summed E-state index contributed by atoms with van der Waals surface area (Å²) in [4.78, 5) is 16.0. The lowest BCUT2D eigenvalue weighted by Crippen LogP contribution is -2.23. The number of halogens is 2. The molecule has 0 radical (unpaired) electrons. The molecule has 1 unspecified atom stereocenters. The Bertz CT molecular complexity index is 643. The second-order valence-corrected chi connectivity index (χ2v) is 5.33. The largest absolute Gasteiger partial charge is 0.446 e. The molecule has 1 amide bonds. The van der Waals surface area contributed by atoms with Crippen LogP contribution >= 0.6 is 23.2 Å². The van der Waals surface area contributed by atoms with Gasteiger partial charge in [0.2, 0.25) is 5.89 Å². The molecule has 0 saturated carbocycles. The zero-order valence-electron chi connectivity index (χ0n) is 11.4. The fourth-order valence-corrected chi connectivity index (χ4v) is 1.98. The van der Waals surface area contributed by atoms with Gasteiger partial charge < -0.3 is 15.5 Å². The molecule has 7 heteroatoms. The summed E-state index contributed by atoms with van der Waals surface area (Å²) in [5, 5.41) is 3.65. The molecule has 2 aromatic rings. The first-order valence-electron chi connectivity index (χ1n) is 6.44. The van der Waals surface area contributed by atoms with Crippen LogP contribution in [0.5, 0.6) is 0 Å². The average molecular weight is 328 g/mol. The van der Waals surface area contributed by atoms with Gasteiger partial charge in [0, 0.05) is 6.54 Å². The van der Waals surface area contributed by atoms with Gasteiger partial charge in [-0.05, 0) is 24.1 Å². The van der Waals surface area contributed by atoms with Crippen LogP contribution in [0.1, 0.15) is 41.3 Å². The van der Waals surface area contributed by atoms with Crippen LogP contribution in [0.25, 0.3) is 0 Å². The van der Waals surface area contributed by atoms with Crippen LogP contribution in [0.3, 0.4) is 0 Å². The molecule has 0 aliphatic carbocycles. The highest BCUT2D eigenvalue weighted by Gasteiger charge is 2.15. The van der Waals surface area contributed by atoms with E-state index in [2.05, 4.69) is 10.3 Å². The molecule has 21 heavy (non-hydrogen) atoms. The Morgan fingerprint density at radius 2 is 2.19 bits per heavy atom. The molecule has 2 rings (SSSR count). The molecule has 1 aromatic carbocycles. The maximum absolute atomic E-state index is 12.0. The normalized spacial score (nSPS) is 12.2. The van der Waals surface area contributed by atoms with E-state index in [9.17, 15) is 4.79 Å². The van der Waals surface area contributed by atoms with E-state index >= 15 is 0 Å². The second-order valence-electron chi connectivity index (χ2n) is 4.52. The van der Waals surface area contributed by atoms with Crippen molar-refractivity contribution in [1.82, 2.24) is 10.3 Å². The van der Waals surface area contributed by atoms with Crippen LogP contribution in [0.4, 0.5) is 0 Å². The van der Waals surface area contributed by atoms with Gasteiger partial charge in [0.25, 0.3) is 5.91 Å². The summed E-state index contributed by atoms with van der Waals surface area (Å²) in [6.45, 7) is 2.23. The van der Waals surface area contributed by atoms with Crippen LogP contribution in [0, 0.1) is 0 Å². The van der Waals surface area contributed by atoms with Crippen molar-refractivity contribution in [3.8, 4) is 0 Å². The van der Waals surface area contributed by atoms with Crippen molar-refractivity contribution in [2.45, 2.75) is 25.9 Å². The Labute approximate surface area is 132 Å². The first-order valence-corrected chi connectivity index (χ1v) is 7.20. The van der Waals surface area contributed by atoms with E-state index in [0.717, 1.165) is 5.56 Å². The zero-order chi connectivity index (χ0) is 15.4. The number of nitrogens with two attached hydrogens (primary N) is 1. The van der Waals surface area contributed by atoms with Crippen molar-refractivity contribution in [2.24, 2.45) is 5.73 Å². The number of carbonyl (C=O) groups excluding carboxylic acids is 1. The summed E-state index contributed by atoms with van der Waals surface area (Å²) in [5.74, 6) is 0.0246. The van der Waals surface area contributed by atoms with Gasteiger partial charge in [-0.3, -0.25) is 4.79 Å². The molecule has 0 spiro atoms. The van der Waals surface area contributed by atoms with Gasteiger partial charge in [0.05, 0.1) is 16.1 Å². The number of aromatic nitrogens is 1. The third kappa shape index (κ3) is 3.97. The molecule has 0 aliphatic heterocycles. The lowest BCUT2D eigenvalue weighted by Gasteiger charge is -2.05. The molecule has 5 nitrogen and oxygen atoms in total. The number of oxazole rings is 1. The SMILES string of the molecule is CCC(N)c1nc(C(=O)NCc2ccc(Cl)c(Cl)c2)co1. The predicted octanol–water partition coefficient (Wildman–Crippen LogP) is 3.32. The lowest BCUT2D eigenvalue weighted by atomic mass is 10.2. The monoisotopic (exact) mass is 327 g/mol. The van der Waals surface area contributed by atoms with Crippen LogP contribution in [-0.4, -0.2) is 10.9 Å². The molecule has 0 fully saturated rings. The maximum Gasteiger partial charge on any atom is 0.273 e. The summed E-state index contributed by atoms with van der Waals surface area (Å²) < 4.78 is 5.19. The molecule has 1 heterocycles. The minimum atomic E-state index is -0.334. The highest BCUT2D eigenvalue weighted by atomic mass is 35.5. The second kappa shape index (κ2) is 6.93. The van der Waals surface area contributed by atoms with Crippen LogP contribution in [0.15, 0.2) is 28.9 Å². The average Bonchev–Trinajstić information content (AvgIpc) is 2.97. The van der Waals surface area contributed by atoms with Gasteiger partial charge in [-0.1, -0.05) is 36.2 Å². The van der Waals surface area contributed by atoms with Gasteiger partial charge in [-0.15, -0.1) is 0 Å². The van der Waals surface area contributed by atoms with Gasteiger partial charge in [0.15, 0.2) is 5.69 Å². The Hall–Kier alpha value is -1.56. The number of benzene rings is 1. The van der Waals surface area contributed by atoms with E-state index in [1.54, 1.807) is 18.2 Å². The smallest absolute Gasteiger partial charge is 0.273 e. The topological polar surface area (TPSA) is 81.1 Å². The minimum absolute atomic E-state index is 0.203. The summed E-state index contributed by atoms with van der Waals surface area (Å²) in [5.41, 5.74) is 6.83. The Morgan fingerprint density at radius 1 is 1.43 bits per heavy atom. The first-order chi connectivity index (χ1) is 10.0. The third-order valence-corrected chi connectivity index (χ3v) is 3.69.